The summed E-state index contributed by atoms with van der Waals surface area (Å²) >= 11 is 0. The van der Waals surface area contributed by atoms with Crippen LogP contribution in [0, 0.1) is 0 Å². The molecule has 3 nitrogen and oxygen atoms in total. The molecule has 3 heteroatoms. The molecule has 0 aliphatic carbocycles. The number of esters is 1. The summed E-state index contributed by atoms with van der Waals surface area (Å²) in [6.45, 7) is 0.515. The minimum absolute atomic E-state index is 0.241. The molecule has 0 saturated heterocycles. The molecule has 116 valence electrons. The molecular formula is C20H18O3. The minimum Gasteiger partial charge on any atom is -0.489 e. The minimum atomic E-state index is -0.241. The van der Waals surface area contributed by atoms with Crippen molar-refractivity contribution in [2.75, 3.05) is 7.11 Å². The van der Waals surface area contributed by atoms with Crippen molar-refractivity contribution in [3.05, 3.63) is 77.9 Å². The van der Waals surface area contributed by atoms with Gasteiger partial charge in [0.2, 0.25) is 0 Å². The highest BCUT2D eigenvalue weighted by atomic mass is 16.5. The predicted octanol–water partition coefficient (Wildman–Crippen LogP) is 4.13. The van der Waals surface area contributed by atoms with E-state index in [1.807, 2.05) is 36.4 Å². The quantitative estimate of drug-likeness (QED) is 0.665. The zero-order valence-corrected chi connectivity index (χ0v) is 13.0. The molecule has 0 spiro atoms. The predicted molar refractivity (Wildman–Crippen MR) is 90.4 cm³/mol. The van der Waals surface area contributed by atoms with Gasteiger partial charge in [0.15, 0.2) is 0 Å². The summed E-state index contributed by atoms with van der Waals surface area (Å²) in [4.78, 5) is 11.2. The molecule has 0 atom stereocenters. The molecule has 3 aromatic rings. The maximum atomic E-state index is 11.2. The monoisotopic (exact) mass is 306 g/mol. The third-order valence-corrected chi connectivity index (χ3v) is 3.72. The number of fused-ring (bicyclic) bond motifs is 1. The van der Waals surface area contributed by atoms with Gasteiger partial charge in [-0.3, -0.25) is 4.79 Å². The van der Waals surface area contributed by atoms with Gasteiger partial charge in [-0.1, -0.05) is 48.5 Å². The molecule has 0 aromatic heterocycles. The molecule has 0 saturated carbocycles. The van der Waals surface area contributed by atoms with Crippen LogP contribution in [-0.2, 0) is 22.6 Å². The fraction of sp³-hybridized carbons (Fsp3) is 0.150. The summed E-state index contributed by atoms with van der Waals surface area (Å²) in [5.74, 6) is 0.543. The molecule has 0 radical (unpaired) electrons. The van der Waals surface area contributed by atoms with E-state index in [1.165, 1.54) is 17.9 Å². The van der Waals surface area contributed by atoms with Crippen LogP contribution in [0.1, 0.15) is 11.1 Å². The molecule has 0 aliphatic heterocycles. The van der Waals surface area contributed by atoms with Crippen LogP contribution in [0.2, 0.25) is 0 Å². The van der Waals surface area contributed by atoms with E-state index >= 15 is 0 Å². The van der Waals surface area contributed by atoms with Gasteiger partial charge in [-0.15, -0.1) is 0 Å². The summed E-state index contributed by atoms with van der Waals surface area (Å²) in [6.07, 6.45) is 0.279. The summed E-state index contributed by atoms with van der Waals surface area (Å²) in [6, 6.07) is 22.1. The zero-order valence-electron chi connectivity index (χ0n) is 13.0. The zero-order chi connectivity index (χ0) is 16.1. The van der Waals surface area contributed by atoms with Crippen LogP contribution < -0.4 is 4.74 Å². The van der Waals surface area contributed by atoms with E-state index in [-0.39, 0.29) is 12.4 Å². The largest absolute Gasteiger partial charge is 0.489 e. The third-order valence-electron chi connectivity index (χ3n) is 3.72. The van der Waals surface area contributed by atoms with Gasteiger partial charge in [0, 0.05) is 0 Å². The van der Waals surface area contributed by atoms with E-state index in [2.05, 4.69) is 35.1 Å². The highest BCUT2D eigenvalue weighted by Crippen LogP contribution is 2.18. The lowest BCUT2D eigenvalue weighted by molar-refractivity contribution is -0.139. The van der Waals surface area contributed by atoms with E-state index in [9.17, 15) is 4.79 Å². The molecule has 0 unspecified atom stereocenters. The SMILES string of the molecule is COC(=O)Cc1ccc(OCc2ccc3ccccc3c2)cc1. The molecule has 0 amide bonds. The number of methoxy groups -OCH3 is 1. The van der Waals surface area contributed by atoms with Crippen molar-refractivity contribution < 1.29 is 14.3 Å². The lowest BCUT2D eigenvalue weighted by atomic mass is 10.1. The normalized spacial score (nSPS) is 10.5. The van der Waals surface area contributed by atoms with E-state index in [0.29, 0.717) is 6.61 Å². The number of hydrogen-bond acceptors (Lipinski definition) is 3. The Hall–Kier alpha value is -2.81. The van der Waals surface area contributed by atoms with Crippen LogP contribution in [0.5, 0.6) is 5.75 Å². The highest BCUT2D eigenvalue weighted by Gasteiger charge is 2.03. The van der Waals surface area contributed by atoms with E-state index in [4.69, 9.17) is 4.74 Å². The van der Waals surface area contributed by atoms with Gasteiger partial charge in [-0.2, -0.15) is 0 Å². The first-order valence-corrected chi connectivity index (χ1v) is 7.51. The lowest BCUT2D eigenvalue weighted by Crippen LogP contribution is -2.04. The summed E-state index contributed by atoms with van der Waals surface area (Å²) in [5.41, 5.74) is 2.04. The first kappa shape index (κ1) is 15.1. The second-order valence-electron chi connectivity index (χ2n) is 5.37. The van der Waals surface area contributed by atoms with Crippen molar-refractivity contribution in [3.63, 3.8) is 0 Å². The first-order chi connectivity index (χ1) is 11.2. The first-order valence-electron chi connectivity index (χ1n) is 7.51. The number of hydrogen-bond donors (Lipinski definition) is 0. The molecule has 0 aliphatic rings. The fourth-order valence-corrected chi connectivity index (χ4v) is 2.44. The number of carbonyl (C=O) groups is 1. The molecule has 0 bridgehead atoms. The Kier molecular flexibility index (Phi) is 4.57. The van der Waals surface area contributed by atoms with Crippen molar-refractivity contribution >= 4 is 16.7 Å². The van der Waals surface area contributed by atoms with E-state index < -0.39 is 0 Å². The number of carbonyl (C=O) groups excluding carboxylic acids is 1. The lowest BCUT2D eigenvalue weighted by Gasteiger charge is -2.08. The molecule has 0 heterocycles. The topological polar surface area (TPSA) is 35.5 Å². The van der Waals surface area contributed by atoms with Crippen LogP contribution >= 0.6 is 0 Å². The summed E-state index contributed by atoms with van der Waals surface area (Å²) in [7, 11) is 1.39. The molecule has 0 N–H and O–H groups in total. The smallest absolute Gasteiger partial charge is 0.309 e. The van der Waals surface area contributed by atoms with E-state index in [1.54, 1.807) is 0 Å². The van der Waals surface area contributed by atoms with Gasteiger partial charge in [-0.25, -0.2) is 0 Å². The molecule has 0 fully saturated rings. The maximum Gasteiger partial charge on any atom is 0.309 e. The van der Waals surface area contributed by atoms with Gasteiger partial charge in [0.05, 0.1) is 13.5 Å². The van der Waals surface area contributed by atoms with Gasteiger partial charge < -0.3 is 9.47 Å². The number of ether oxygens (including phenoxy) is 2. The Morgan fingerprint density at radius 2 is 1.57 bits per heavy atom. The summed E-state index contributed by atoms with van der Waals surface area (Å²) < 4.78 is 10.5. The molecular weight excluding hydrogens is 288 g/mol. The number of benzene rings is 3. The van der Waals surface area contributed by atoms with Gasteiger partial charge >= 0.3 is 5.97 Å². The fourth-order valence-electron chi connectivity index (χ4n) is 2.44. The highest BCUT2D eigenvalue weighted by molar-refractivity contribution is 5.82. The average molecular weight is 306 g/mol. The maximum absolute atomic E-state index is 11.2. The van der Waals surface area contributed by atoms with Gasteiger partial charge in [0.1, 0.15) is 12.4 Å². The standard InChI is InChI=1S/C20H18O3/c1-22-20(21)13-15-7-10-19(11-8-15)23-14-16-6-9-17-4-2-3-5-18(17)12-16/h2-12H,13-14H2,1H3. The van der Waals surface area contributed by atoms with E-state index in [0.717, 1.165) is 16.9 Å². The van der Waals surface area contributed by atoms with Gasteiger partial charge in [0.25, 0.3) is 0 Å². The second-order valence-corrected chi connectivity index (χ2v) is 5.37. The van der Waals surface area contributed by atoms with Crippen molar-refractivity contribution in [3.8, 4) is 5.75 Å². The van der Waals surface area contributed by atoms with Crippen molar-refractivity contribution in [2.45, 2.75) is 13.0 Å². The van der Waals surface area contributed by atoms with Crippen molar-refractivity contribution in [1.29, 1.82) is 0 Å². The Morgan fingerprint density at radius 3 is 2.30 bits per heavy atom. The molecule has 3 aromatic carbocycles. The Bertz CT molecular complexity index is 806. The van der Waals surface area contributed by atoms with Crippen LogP contribution in [-0.4, -0.2) is 13.1 Å². The Balaban J connectivity index is 1.63. The van der Waals surface area contributed by atoms with Crippen molar-refractivity contribution in [2.24, 2.45) is 0 Å². The van der Waals surface area contributed by atoms with Crippen LogP contribution in [0.25, 0.3) is 10.8 Å². The molecule has 23 heavy (non-hydrogen) atoms. The molecule has 3 rings (SSSR count). The van der Waals surface area contributed by atoms with Crippen LogP contribution in [0.4, 0.5) is 0 Å². The van der Waals surface area contributed by atoms with Crippen LogP contribution in [0.3, 0.4) is 0 Å². The van der Waals surface area contributed by atoms with Crippen molar-refractivity contribution in [1.82, 2.24) is 0 Å². The third kappa shape index (κ3) is 3.89. The van der Waals surface area contributed by atoms with Gasteiger partial charge in [-0.05, 0) is 40.1 Å². The van der Waals surface area contributed by atoms with Crippen LogP contribution in [0.15, 0.2) is 66.7 Å². The number of rotatable bonds is 5. The average Bonchev–Trinajstić information content (AvgIpc) is 2.61. The Morgan fingerprint density at radius 1 is 0.870 bits per heavy atom. The summed E-state index contributed by atoms with van der Waals surface area (Å²) in [5, 5.41) is 2.44. The second kappa shape index (κ2) is 6.97. The Labute approximate surface area is 135 Å².